The number of carbonyl (C=O) groups excluding carboxylic acids is 1. The van der Waals surface area contributed by atoms with Crippen LogP contribution < -0.4 is 5.32 Å². The minimum Gasteiger partial charge on any atom is -0.324 e. The molecule has 0 saturated heterocycles. The lowest BCUT2D eigenvalue weighted by Gasteiger charge is -2.19. The van der Waals surface area contributed by atoms with E-state index in [9.17, 15) is 4.79 Å². The van der Waals surface area contributed by atoms with Gasteiger partial charge in [0.2, 0.25) is 0 Å². The van der Waals surface area contributed by atoms with Crippen molar-refractivity contribution in [1.82, 2.24) is 23.6 Å². The van der Waals surface area contributed by atoms with Gasteiger partial charge in [-0.1, -0.05) is 0 Å². The first-order valence-electron chi connectivity index (χ1n) is 5.94. The third-order valence-electron chi connectivity index (χ3n) is 3.03. The van der Waals surface area contributed by atoms with E-state index < -0.39 is 0 Å². The van der Waals surface area contributed by atoms with Gasteiger partial charge in [-0.05, 0) is 12.0 Å². The SMILES string of the molecule is O=C(Nc1cnsn1)N1CCc2cncnc2CC1. The molecule has 0 aromatic carbocycles. The van der Waals surface area contributed by atoms with Crippen molar-refractivity contribution in [2.75, 3.05) is 18.4 Å². The predicted octanol–water partition coefficient (Wildman–Crippen LogP) is 0.961. The number of anilines is 1. The molecule has 0 saturated carbocycles. The molecule has 0 bridgehead atoms. The van der Waals surface area contributed by atoms with Crippen LogP contribution in [-0.4, -0.2) is 42.7 Å². The zero-order valence-corrected chi connectivity index (χ0v) is 10.9. The van der Waals surface area contributed by atoms with E-state index >= 15 is 0 Å². The highest BCUT2D eigenvalue weighted by atomic mass is 32.1. The third kappa shape index (κ3) is 2.68. The maximum absolute atomic E-state index is 12.1. The number of carbonyl (C=O) groups is 1. The van der Waals surface area contributed by atoms with Crippen LogP contribution in [0.1, 0.15) is 11.3 Å². The van der Waals surface area contributed by atoms with Gasteiger partial charge >= 0.3 is 6.03 Å². The van der Waals surface area contributed by atoms with E-state index in [1.807, 2.05) is 6.20 Å². The third-order valence-corrected chi connectivity index (χ3v) is 3.51. The molecule has 2 aromatic rings. The Morgan fingerprint density at radius 2 is 2.21 bits per heavy atom. The van der Waals surface area contributed by atoms with Gasteiger partial charge in [-0.25, -0.2) is 14.8 Å². The second-order valence-corrected chi connectivity index (χ2v) is 4.76. The Morgan fingerprint density at radius 3 is 3.05 bits per heavy atom. The van der Waals surface area contributed by atoms with Gasteiger partial charge in [-0.3, -0.25) is 5.32 Å². The topological polar surface area (TPSA) is 83.9 Å². The number of nitrogens with zero attached hydrogens (tertiary/aromatic N) is 5. The van der Waals surface area contributed by atoms with Crippen LogP contribution in [-0.2, 0) is 12.8 Å². The van der Waals surface area contributed by atoms with Crippen LogP contribution in [0.3, 0.4) is 0 Å². The average Bonchev–Trinajstić information content (AvgIpc) is 2.83. The van der Waals surface area contributed by atoms with Crippen molar-refractivity contribution in [3.8, 4) is 0 Å². The zero-order chi connectivity index (χ0) is 13.1. The largest absolute Gasteiger partial charge is 0.324 e. The molecular formula is C11H12N6OS. The van der Waals surface area contributed by atoms with Crippen molar-refractivity contribution in [3.63, 3.8) is 0 Å². The molecule has 19 heavy (non-hydrogen) atoms. The Balaban J connectivity index is 1.66. The van der Waals surface area contributed by atoms with E-state index in [0.717, 1.165) is 35.8 Å². The summed E-state index contributed by atoms with van der Waals surface area (Å²) in [4.78, 5) is 22.1. The average molecular weight is 276 g/mol. The number of urea groups is 1. The van der Waals surface area contributed by atoms with Crippen molar-refractivity contribution in [2.45, 2.75) is 12.8 Å². The highest BCUT2D eigenvalue weighted by molar-refractivity contribution is 6.99. The molecule has 2 aromatic heterocycles. The van der Waals surface area contributed by atoms with Gasteiger partial charge < -0.3 is 4.90 Å². The fraction of sp³-hybridized carbons (Fsp3) is 0.364. The summed E-state index contributed by atoms with van der Waals surface area (Å²) in [6.07, 6.45) is 6.45. The highest BCUT2D eigenvalue weighted by Gasteiger charge is 2.19. The molecule has 0 radical (unpaired) electrons. The van der Waals surface area contributed by atoms with E-state index in [1.54, 1.807) is 17.4 Å². The number of nitrogens with one attached hydrogen (secondary N) is 1. The molecule has 7 nitrogen and oxygen atoms in total. The van der Waals surface area contributed by atoms with Gasteiger partial charge in [0.1, 0.15) is 6.33 Å². The van der Waals surface area contributed by atoms with Crippen LogP contribution in [0.15, 0.2) is 18.7 Å². The maximum Gasteiger partial charge on any atom is 0.323 e. The van der Waals surface area contributed by atoms with Crippen molar-refractivity contribution in [1.29, 1.82) is 0 Å². The molecule has 98 valence electrons. The normalized spacial score (nSPS) is 14.6. The summed E-state index contributed by atoms with van der Waals surface area (Å²) in [6, 6.07) is -0.145. The van der Waals surface area contributed by atoms with E-state index in [4.69, 9.17) is 0 Å². The molecule has 3 rings (SSSR count). The Kier molecular flexibility index (Phi) is 3.32. The van der Waals surface area contributed by atoms with Gasteiger partial charge in [0.25, 0.3) is 0 Å². The van der Waals surface area contributed by atoms with Gasteiger partial charge in [0.15, 0.2) is 5.82 Å². The van der Waals surface area contributed by atoms with Crippen LogP contribution in [0.2, 0.25) is 0 Å². The quantitative estimate of drug-likeness (QED) is 0.838. The summed E-state index contributed by atoms with van der Waals surface area (Å²) in [5.41, 5.74) is 2.15. The Morgan fingerprint density at radius 1 is 1.32 bits per heavy atom. The maximum atomic E-state index is 12.1. The number of hydrogen-bond donors (Lipinski definition) is 1. The van der Waals surface area contributed by atoms with Crippen molar-refractivity contribution in [3.05, 3.63) is 30.0 Å². The Labute approximate surface area is 114 Å². The highest BCUT2D eigenvalue weighted by Crippen LogP contribution is 2.13. The fourth-order valence-electron chi connectivity index (χ4n) is 2.04. The molecule has 2 amide bonds. The fourth-order valence-corrected chi connectivity index (χ4v) is 2.41. The molecule has 0 fully saturated rings. The van der Waals surface area contributed by atoms with Crippen molar-refractivity contribution in [2.24, 2.45) is 0 Å². The summed E-state index contributed by atoms with van der Waals surface area (Å²) in [5, 5.41) is 2.73. The first-order chi connectivity index (χ1) is 9.33. The summed E-state index contributed by atoms with van der Waals surface area (Å²) in [6.45, 7) is 1.30. The van der Waals surface area contributed by atoms with Gasteiger partial charge in [-0.15, -0.1) is 0 Å². The van der Waals surface area contributed by atoms with Crippen LogP contribution in [0, 0.1) is 0 Å². The smallest absolute Gasteiger partial charge is 0.323 e. The molecule has 0 spiro atoms. The minimum atomic E-state index is -0.145. The lowest BCUT2D eigenvalue weighted by atomic mass is 10.1. The second kappa shape index (κ2) is 5.27. The van der Waals surface area contributed by atoms with Crippen LogP contribution >= 0.6 is 11.7 Å². The molecule has 1 aliphatic rings. The first kappa shape index (κ1) is 12.0. The molecular weight excluding hydrogens is 264 g/mol. The zero-order valence-electron chi connectivity index (χ0n) is 10.1. The summed E-state index contributed by atoms with van der Waals surface area (Å²) >= 11 is 1.07. The summed E-state index contributed by atoms with van der Waals surface area (Å²) < 4.78 is 7.81. The van der Waals surface area contributed by atoms with E-state index in [1.165, 1.54) is 0 Å². The number of rotatable bonds is 1. The van der Waals surface area contributed by atoms with Crippen LogP contribution in [0.5, 0.6) is 0 Å². The van der Waals surface area contributed by atoms with Gasteiger partial charge in [0, 0.05) is 31.4 Å². The lowest BCUT2D eigenvalue weighted by Crippen LogP contribution is -2.36. The van der Waals surface area contributed by atoms with Crippen LogP contribution in [0.4, 0.5) is 10.6 Å². The first-order valence-corrected chi connectivity index (χ1v) is 6.67. The molecule has 0 atom stereocenters. The number of amides is 2. The molecule has 3 heterocycles. The number of fused-ring (bicyclic) bond motifs is 1. The van der Waals surface area contributed by atoms with Gasteiger partial charge in [0.05, 0.1) is 17.9 Å². The van der Waals surface area contributed by atoms with Crippen molar-refractivity contribution >= 4 is 23.6 Å². The van der Waals surface area contributed by atoms with Gasteiger partial charge in [-0.2, -0.15) is 8.75 Å². The Bertz CT molecular complexity index is 545. The molecule has 0 unspecified atom stereocenters. The standard InChI is InChI=1S/C11H12N6OS/c18-11(15-10-6-14-19-16-10)17-3-1-8-5-12-7-13-9(8)2-4-17/h5-7H,1-4H2,(H,15,16,18). The summed E-state index contributed by atoms with van der Waals surface area (Å²) in [5.74, 6) is 0.497. The van der Waals surface area contributed by atoms with Crippen molar-refractivity contribution < 1.29 is 4.79 Å². The minimum absolute atomic E-state index is 0.145. The number of hydrogen-bond acceptors (Lipinski definition) is 6. The van der Waals surface area contributed by atoms with E-state index in [-0.39, 0.29) is 6.03 Å². The lowest BCUT2D eigenvalue weighted by molar-refractivity contribution is 0.214. The molecule has 1 N–H and O–H groups in total. The summed E-state index contributed by atoms with van der Waals surface area (Å²) in [7, 11) is 0. The predicted molar refractivity (Wildman–Crippen MR) is 69.9 cm³/mol. The van der Waals surface area contributed by atoms with E-state index in [0.29, 0.717) is 18.9 Å². The number of aromatic nitrogens is 4. The second-order valence-electron chi connectivity index (χ2n) is 4.20. The molecule has 1 aliphatic heterocycles. The van der Waals surface area contributed by atoms with Crippen LogP contribution in [0.25, 0.3) is 0 Å². The molecule has 0 aliphatic carbocycles. The molecule has 8 heteroatoms. The Hall–Kier alpha value is -2.09. The van der Waals surface area contributed by atoms with E-state index in [2.05, 4.69) is 24.0 Å². The monoisotopic (exact) mass is 276 g/mol.